The molecule has 5 heteroatoms. The number of halogens is 1. The molecule has 0 atom stereocenters. The second-order valence-corrected chi connectivity index (χ2v) is 4.60. The van der Waals surface area contributed by atoms with E-state index in [4.69, 9.17) is 21.1 Å². The predicted octanol–water partition coefficient (Wildman–Crippen LogP) is 3.89. The van der Waals surface area contributed by atoms with Gasteiger partial charge in [-0.3, -0.25) is 4.79 Å². The number of ketones is 1. The molecule has 0 N–H and O–H groups in total. The Morgan fingerprint density at radius 1 is 1.15 bits per heavy atom. The highest BCUT2D eigenvalue weighted by atomic mass is 35.5. The first-order chi connectivity index (χ1) is 9.56. The fourth-order valence-corrected chi connectivity index (χ4v) is 2.22. The summed E-state index contributed by atoms with van der Waals surface area (Å²) in [6.45, 7) is 6.34. The summed E-state index contributed by atoms with van der Waals surface area (Å²) in [5.41, 5.74) is 1.08. The van der Waals surface area contributed by atoms with Gasteiger partial charge in [-0.25, -0.2) is 4.98 Å². The number of pyridine rings is 1. The molecule has 2 rings (SSSR count). The number of benzene rings is 1. The number of fused-ring (bicyclic) bond motifs is 1. The van der Waals surface area contributed by atoms with E-state index in [1.54, 1.807) is 12.1 Å². The zero-order chi connectivity index (χ0) is 14.7. The largest absolute Gasteiger partial charge is 0.490 e. The highest BCUT2D eigenvalue weighted by molar-refractivity contribution is 6.33. The van der Waals surface area contributed by atoms with Crippen molar-refractivity contribution in [2.45, 2.75) is 20.8 Å². The Morgan fingerprint density at radius 3 is 2.30 bits per heavy atom. The molecule has 0 saturated carbocycles. The van der Waals surface area contributed by atoms with Crippen molar-refractivity contribution in [2.75, 3.05) is 13.2 Å². The molecule has 0 fully saturated rings. The number of aromatic nitrogens is 1. The first-order valence-corrected chi connectivity index (χ1v) is 6.85. The molecule has 0 radical (unpaired) electrons. The van der Waals surface area contributed by atoms with Crippen LogP contribution in [0.4, 0.5) is 0 Å². The SMILES string of the molecule is CCOc1cc2cc(C(C)=O)c(Cl)nc2cc1OCC. The molecule has 0 aliphatic rings. The van der Waals surface area contributed by atoms with Crippen LogP contribution in [-0.2, 0) is 0 Å². The summed E-state index contributed by atoms with van der Waals surface area (Å²) in [5.74, 6) is 1.15. The molecule has 106 valence electrons. The van der Waals surface area contributed by atoms with Gasteiger partial charge in [0.1, 0.15) is 5.15 Å². The fourth-order valence-electron chi connectivity index (χ4n) is 1.94. The van der Waals surface area contributed by atoms with Gasteiger partial charge >= 0.3 is 0 Å². The van der Waals surface area contributed by atoms with E-state index in [1.165, 1.54) is 6.92 Å². The first kappa shape index (κ1) is 14.6. The fraction of sp³-hybridized carbons (Fsp3) is 0.333. The van der Waals surface area contributed by atoms with E-state index in [9.17, 15) is 4.79 Å². The van der Waals surface area contributed by atoms with E-state index in [2.05, 4.69) is 4.98 Å². The number of carbonyl (C=O) groups excluding carboxylic acids is 1. The molecule has 0 unspecified atom stereocenters. The van der Waals surface area contributed by atoms with Gasteiger partial charge in [-0.05, 0) is 32.9 Å². The average molecular weight is 294 g/mol. The highest BCUT2D eigenvalue weighted by Gasteiger charge is 2.13. The van der Waals surface area contributed by atoms with Crippen LogP contribution < -0.4 is 9.47 Å². The van der Waals surface area contributed by atoms with Crippen LogP contribution in [0.2, 0.25) is 5.15 Å². The molecule has 0 saturated heterocycles. The average Bonchev–Trinajstić information content (AvgIpc) is 2.39. The molecular weight excluding hydrogens is 278 g/mol. The van der Waals surface area contributed by atoms with Gasteiger partial charge < -0.3 is 9.47 Å². The molecule has 0 amide bonds. The topological polar surface area (TPSA) is 48.4 Å². The van der Waals surface area contributed by atoms with Gasteiger partial charge in [-0.2, -0.15) is 0 Å². The zero-order valence-electron chi connectivity index (χ0n) is 11.7. The van der Waals surface area contributed by atoms with Crippen molar-refractivity contribution in [3.05, 3.63) is 28.9 Å². The smallest absolute Gasteiger partial charge is 0.163 e. The van der Waals surface area contributed by atoms with E-state index in [1.807, 2.05) is 19.9 Å². The second-order valence-electron chi connectivity index (χ2n) is 4.24. The molecule has 0 spiro atoms. The van der Waals surface area contributed by atoms with Crippen LogP contribution in [-0.4, -0.2) is 24.0 Å². The van der Waals surface area contributed by atoms with Gasteiger partial charge in [0.05, 0.1) is 24.3 Å². The lowest BCUT2D eigenvalue weighted by atomic mass is 10.1. The third-order valence-corrected chi connectivity index (χ3v) is 3.10. The highest BCUT2D eigenvalue weighted by Crippen LogP contribution is 2.33. The van der Waals surface area contributed by atoms with Crippen LogP contribution in [0.3, 0.4) is 0 Å². The number of hydrogen-bond donors (Lipinski definition) is 0. The molecular formula is C15H16ClNO3. The van der Waals surface area contributed by atoms with Gasteiger partial charge in [-0.15, -0.1) is 0 Å². The third kappa shape index (κ3) is 2.85. The lowest BCUT2D eigenvalue weighted by Crippen LogP contribution is -2.00. The summed E-state index contributed by atoms with van der Waals surface area (Å²) < 4.78 is 11.1. The maximum Gasteiger partial charge on any atom is 0.163 e. The van der Waals surface area contributed by atoms with Crippen LogP contribution in [0.1, 0.15) is 31.1 Å². The Hall–Kier alpha value is -1.81. The zero-order valence-corrected chi connectivity index (χ0v) is 12.5. The molecule has 1 aromatic carbocycles. The molecule has 0 aliphatic heterocycles. The monoisotopic (exact) mass is 293 g/mol. The minimum absolute atomic E-state index is 0.115. The Bertz CT molecular complexity index is 655. The quantitative estimate of drug-likeness (QED) is 0.620. The Balaban J connectivity index is 2.63. The minimum Gasteiger partial charge on any atom is -0.490 e. The number of Topliss-reactive ketones (excluding diaryl/α,β-unsaturated/α-hetero) is 1. The lowest BCUT2D eigenvalue weighted by Gasteiger charge is -2.12. The van der Waals surface area contributed by atoms with E-state index in [0.717, 1.165) is 5.39 Å². The third-order valence-electron chi connectivity index (χ3n) is 2.81. The summed E-state index contributed by atoms with van der Waals surface area (Å²) in [5, 5.41) is 1.00. The summed E-state index contributed by atoms with van der Waals surface area (Å²) in [4.78, 5) is 15.8. The minimum atomic E-state index is -0.115. The van der Waals surface area contributed by atoms with Crippen LogP contribution in [0, 0.1) is 0 Å². The summed E-state index contributed by atoms with van der Waals surface area (Å²) >= 11 is 6.02. The normalized spacial score (nSPS) is 10.6. The van der Waals surface area contributed by atoms with Crippen LogP contribution in [0.25, 0.3) is 10.9 Å². The van der Waals surface area contributed by atoms with Crippen LogP contribution in [0.15, 0.2) is 18.2 Å². The number of carbonyl (C=O) groups is 1. The van der Waals surface area contributed by atoms with Crippen molar-refractivity contribution in [3.8, 4) is 11.5 Å². The number of hydrogen-bond acceptors (Lipinski definition) is 4. The number of ether oxygens (including phenoxy) is 2. The molecule has 1 aromatic heterocycles. The van der Waals surface area contributed by atoms with E-state index < -0.39 is 0 Å². The second kappa shape index (κ2) is 6.09. The van der Waals surface area contributed by atoms with Gasteiger partial charge in [0.25, 0.3) is 0 Å². The molecule has 0 aliphatic carbocycles. The van der Waals surface area contributed by atoms with E-state index in [-0.39, 0.29) is 10.9 Å². The van der Waals surface area contributed by atoms with Crippen molar-refractivity contribution in [3.63, 3.8) is 0 Å². The molecule has 20 heavy (non-hydrogen) atoms. The first-order valence-electron chi connectivity index (χ1n) is 6.47. The van der Waals surface area contributed by atoms with Gasteiger partial charge in [-0.1, -0.05) is 11.6 Å². The lowest BCUT2D eigenvalue weighted by molar-refractivity contribution is 0.101. The number of nitrogens with zero attached hydrogens (tertiary/aromatic N) is 1. The molecule has 2 aromatic rings. The van der Waals surface area contributed by atoms with Crippen molar-refractivity contribution < 1.29 is 14.3 Å². The van der Waals surface area contributed by atoms with Crippen LogP contribution in [0.5, 0.6) is 11.5 Å². The molecule has 0 bridgehead atoms. The Labute approximate surface area is 122 Å². The predicted molar refractivity (Wildman–Crippen MR) is 79.1 cm³/mol. The number of rotatable bonds is 5. The molecule has 4 nitrogen and oxygen atoms in total. The summed E-state index contributed by atoms with van der Waals surface area (Å²) in [6.07, 6.45) is 0. The summed E-state index contributed by atoms with van der Waals surface area (Å²) in [6, 6.07) is 5.32. The van der Waals surface area contributed by atoms with Crippen molar-refractivity contribution in [1.29, 1.82) is 0 Å². The van der Waals surface area contributed by atoms with Gasteiger partial charge in [0.2, 0.25) is 0 Å². The van der Waals surface area contributed by atoms with Gasteiger partial charge in [0, 0.05) is 11.5 Å². The van der Waals surface area contributed by atoms with Crippen molar-refractivity contribution in [1.82, 2.24) is 4.98 Å². The summed E-state index contributed by atoms with van der Waals surface area (Å²) in [7, 11) is 0. The maximum absolute atomic E-state index is 11.5. The van der Waals surface area contributed by atoms with Crippen molar-refractivity contribution >= 4 is 28.3 Å². The van der Waals surface area contributed by atoms with Crippen LogP contribution >= 0.6 is 11.6 Å². The van der Waals surface area contributed by atoms with Crippen molar-refractivity contribution in [2.24, 2.45) is 0 Å². The Kier molecular flexibility index (Phi) is 4.45. The van der Waals surface area contributed by atoms with E-state index >= 15 is 0 Å². The standard InChI is InChI=1S/C15H16ClNO3/c1-4-19-13-7-10-6-11(9(3)18)15(16)17-12(10)8-14(13)20-5-2/h6-8H,4-5H2,1-3H3. The molecule has 1 heterocycles. The van der Waals surface area contributed by atoms with E-state index in [0.29, 0.717) is 35.8 Å². The maximum atomic E-state index is 11.5. The Morgan fingerprint density at radius 2 is 1.75 bits per heavy atom. The van der Waals surface area contributed by atoms with Gasteiger partial charge in [0.15, 0.2) is 17.3 Å².